The number of hydrogen-bond acceptors (Lipinski definition) is 6. The molecule has 28 heavy (non-hydrogen) atoms. The number of carbonyl (C=O) groups is 2. The molecule has 0 aliphatic carbocycles. The number of methoxy groups -OCH3 is 1. The molecule has 0 spiro atoms. The van der Waals surface area contributed by atoms with Crippen molar-refractivity contribution in [2.24, 2.45) is 0 Å². The van der Waals surface area contributed by atoms with Crippen LogP contribution in [0.15, 0.2) is 54.6 Å². The highest BCUT2D eigenvalue weighted by atomic mass is 31.2. The van der Waals surface area contributed by atoms with Gasteiger partial charge in [-0.05, 0) is 23.3 Å². The Morgan fingerprint density at radius 2 is 1.64 bits per heavy atom. The highest BCUT2D eigenvalue weighted by Crippen LogP contribution is 2.49. The van der Waals surface area contributed by atoms with Gasteiger partial charge < -0.3 is 18.9 Å². The fourth-order valence-electron chi connectivity index (χ4n) is 2.21. The maximum Gasteiger partial charge on any atom is 0.442 e. The molecule has 0 fully saturated rings. The molecule has 0 heterocycles. The van der Waals surface area contributed by atoms with Crippen molar-refractivity contribution in [2.45, 2.75) is 18.7 Å². The van der Waals surface area contributed by atoms with Crippen LogP contribution in [-0.2, 0) is 30.2 Å². The van der Waals surface area contributed by atoms with Crippen molar-refractivity contribution in [3.63, 3.8) is 0 Å². The Morgan fingerprint density at radius 1 is 1.04 bits per heavy atom. The van der Waals surface area contributed by atoms with Crippen LogP contribution in [-0.4, -0.2) is 30.1 Å². The van der Waals surface area contributed by atoms with Gasteiger partial charge in [0.2, 0.25) is 0 Å². The van der Waals surface area contributed by atoms with Gasteiger partial charge in [-0.15, -0.1) is 0 Å². The first kappa shape index (κ1) is 21.5. The summed E-state index contributed by atoms with van der Waals surface area (Å²) >= 11 is 0. The van der Waals surface area contributed by atoms with Crippen molar-refractivity contribution < 1.29 is 41.8 Å². The summed E-state index contributed by atoms with van der Waals surface area (Å²) in [5.74, 6) is -3.49. The molecule has 2 atom stereocenters. The second-order valence-corrected chi connectivity index (χ2v) is 7.25. The quantitative estimate of drug-likeness (QED) is 0.401. The number of hydrogen-bond donors (Lipinski definition) is 1. The minimum atomic E-state index is -5.13. The first-order valence-electron chi connectivity index (χ1n) is 7.93. The van der Waals surface area contributed by atoms with Gasteiger partial charge in [0.05, 0.1) is 7.11 Å². The summed E-state index contributed by atoms with van der Waals surface area (Å²) in [6.07, 6.45) is -3.57. The van der Waals surface area contributed by atoms with E-state index in [2.05, 4.69) is 9.26 Å². The molecule has 0 bridgehead atoms. The van der Waals surface area contributed by atoms with Gasteiger partial charge in [-0.1, -0.05) is 42.5 Å². The van der Waals surface area contributed by atoms with Crippen molar-refractivity contribution >= 4 is 19.5 Å². The highest BCUT2D eigenvalue weighted by molar-refractivity contribution is 7.53. The van der Waals surface area contributed by atoms with E-state index in [-0.39, 0.29) is 17.9 Å². The third kappa shape index (κ3) is 5.61. The van der Waals surface area contributed by atoms with E-state index in [0.717, 1.165) is 19.2 Å². The third-order valence-corrected chi connectivity index (χ3v) is 4.56. The lowest BCUT2D eigenvalue weighted by Gasteiger charge is -2.16. The minimum absolute atomic E-state index is 0.0591. The van der Waals surface area contributed by atoms with E-state index in [0.29, 0.717) is 5.56 Å². The number of esters is 2. The number of benzene rings is 2. The normalized spacial score (nSPS) is 14.0. The molecule has 0 radical (unpaired) electrons. The van der Waals surface area contributed by atoms with E-state index in [9.17, 15) is 22.9 Å². The maximum absolute atomic E-state index is 12.4. The SMILES string of the molecule is COC(=O)C(C(=O)OCc1ccccc1)c1ccc(OP(=O)(O)C(F)F)cc1. The van der Waals surface area contributed by atoms with Crippen molar-refractivity contribution in [2.75, 3.05) is 7.11 Å². The Kier molecular flexibility index (Phi) is 7.25. The van der Waals surface area contributed by atoms with Gasteiger partial charge in [-0.3, -0.25) is 9.59 Å². The molecule has 2 aromatic carbocycles. The number of alkyl halides is 2. The van der Waals surface area contributed by atoms with Gasteiger partial charge >= 0.3 is 25.7 Å². The first-order chi connectivity index (χ1) is 13.2. The molecule has 150 valence electrons. The number of rotatable bonds is 8. The lowest BCUT2D eigenvalue weighted by Crippen LogP contribution is -2.25. The predicted molar refractivity (Wildman–Crippen MR) is 93.9 cm³/mol. The van der Waals surface area contributed by atoms with Crippen LogP contribution in [0.1, 0.15) is 17.0 Å². The molecule has 2 unspecified atom stereocenters. The average molecular weight is 414 g/mol. The zero-order valence-electron chi connectivity index (χ0n) is 14.7. The Hall–Kier alpha value is -2.77. The topological polar surface area (TPSA) is 99.1 Å². The largest absolute Gasteiger partial charge is 0.468 e. The first-order valence-corrected chi connectivity index (χ1v) is 9.58. The Labute approximate surface area is 159 Å². The molecule has 0 saturated heterocycles. The molecule has 0 amide bonds. The van der Waals surface area contributed by atoms with Crippen LogP contribution in [0.4, 0.5) is 8.78 Å². The molecule has 0 aliphatic heterocycles. The molecule has 2 rings (SSSR count). The second-order valence-electron chi connectivity index (χ2n) is 5.55. The molecular weight excluding hydrogens is 397 g/mol. The Morgan fingerprint density at radius 3 is 2.18 bits per heavy atom. The summed E-state index contributed by atoms with van der Waals surface area (Å²) in [6.45, 7) is -0.0591. The molecule has 2 aromatic rings. The van der Waals surface area contributed by atoms with Crippen molar-refractivity contribution in [1.82, 2.24) is 0 Å². The summed E-state index contributed by atoms with van der Waals surface area (Å²) in [6, 6.07) is 13.4. The van der Waals surface area contributed by atoms with Crippen molar-refractivity contribution in [3.8, 4) is 5.75 Å². The van der Waals surface area contributed by atoms with E-state index in [4.69, 9.17) is 9.63 Å². The van der Waals surface area contributed by atoms with E-state index in [1.807, 2.05) is 0 Å². The van der Waals surface area contributed by atoms with Crippen molar-refractivity contribution in [3.05, 3.63) is 65.7 Å². The van der Waals surface area contributed by atoms with E-state index >= 15 is 0 Å². The fourth-order valence-corrected chi connectivity index (χ4v) is 2.71. The van der Waals surface area contributed by atoms with E-state index < -0.39 is 31.6 Å². The number of ether oxygens (including phenoxy) is 2. The lowest BCUT2D eigenvalue weighted by molar-refractivity contribution is -0.156. The minimum Gasteiger partial charge on any atom is -0.468 e. The zero-order valence-corrected chi connectivity index (χ0v) is 15.6. The molecule has 7 nitrogen and oxygen atoms in total. The number of halogens is 2. The van der Waals surface area contributed by atoms with E-state index in [1.165, 1.54) is 12.1 Å². The van der Waals surface area contributed by atoms with Crippen LogP contribution in [0.2, 0.25) is 0 Å². The van der Waals surface area contributed by atoms with Crippen LogP contribution in [0.25, 0.3) is 0 Å². The summed E-state index contributed by atoms with van der Waals surface area (Å²) in [5.41, 5.74) is 0.857. The summed E-state index contributed by atoms with van der Waals surface area (Å²) < 4.78 is 50.2. The summed E-state index contributed by atoms with van der Waals surface area (Å²) in [7, 11) is -4.03. The fraction of sp³-hybridized carbons (Fsp3) is 0.222. The van der Waals surface area contributed by atoms with Gasteiger partial charge in [-0.2, -0.15) is 8.78 Å². The van der Waals surface area contributed by atoms with Crippen LogP contribution < -0.4 is 4.52 Å². The van der Waals surface area contributed by atoms with Gasteiger partial charge in [-0.25, -0.2) is 4.57 Å². The maximum atomic E-state index is 12.4. The van der Waals surface area contributed by atoms with Gasteiger partial charge in [0.25, 0.3) is 0 Å². The predicted octanol–water partition coefficient (Wildman–Crippen LogP) is 3.47. The molecule has 0 aromatic heterocycles. The Bertz CT molecular complexity index is 856. The van der Waals surface area contributed by atoms with Crippen LogP contribution in [0.3, 0.4) is 0 Å². The molecule has 0 aliphatic rings. The van der Waals surface area contributed by atoms with Gasteiger partial charge in [0.15, 0.2) is 5.92 Å². The second kappa shape index (κ2) is 9.43. The molecule has 10 heteroatoms. The standard InChI is InChI=1S/C18H17F2O7P/c1-25-16(21)15(17(22)26-11-12-5-3-2-4-6-12)13-7-9-14(10-8-13)27-28(23,24)18(19)20/h2-10,15,18H,11H2,1H3,(H,23,24). The van der Waals surface area contributed by atoms with Gasteiger partial charge in [0, 0.05) is 0 Å². The molecule has 0 saturated carbocycles. The highest BCUT2D eigenvalue weighted by Gasteiger charge is 2.35. The summed E-state index contributed by atoms with van der Waals surface area (Å²) in [5, 5.41) is 0. The van der Waals surface area contributed by atoms with Gasteiger partial charge in [0.1, 0.15) is 12.4 Å². The van der Waals surface area contributed by atoms with Crippen LogP contribution in [0.5, 0.6) is 5.75 Å². The smallest absolute Gasteiger partial charge is 0.442 e. The van der Waals surface area contributed by atoms with Crippen molar-refractivity contribution in [1.29, 1.82) is 0 Å². The lowest BCUT2D eigenvalue weighted by atomic mass is 9.99. The third-order valence-electron chi connectivity index (χ3n) is 3.59. The average Bonchev–Trinajstić information content (AvgIpc) is 2.68. The number of carbonyl (C=O) groups excluding carboxylic acids is 2. The zero-order chi connectivity index (χ0) is 20.7. The van der Waals surface area contributed by atoms with E-state index in [1.54, 1.807) is 30.3 Å². The molecule has 1 N–H and O–H groups in total. The monoisotopic (exact) mass is 414 g/mol. The Balaban J connectivity index is 2.15. The van der Waals surface area contributed by atoms with Crippen LogP contribution >= 0.6 is 7.60 Å². The molecular formula is C18H17F2O7P. The van der Waals surface area contributed by atoms with Crippen LogP contribution in [0, 0.1) is 0 Å². The summed E-state index contributed by atoms with van der Waals surface area (Å²) in [4.78, 5) is 33.5.